The van der Waals surface area contributed by atoms with Gasteiger partial charge in [0.1, 0.15) is 23.5 Å². The predicted octanol–water partition coefficient (Wildman–Crippen LogP) is 6.49. The number of rotatable bonds is 9. The number of nitrogens with zero attached hydrogens (tertiary/aromatic N) is 3. The molecule has 2 aliphatic carbocycles. The van der Waals surface area contributed by atoms with Crippen molar-refractivity contribution in [1.29, 1.82) is 0 Å². The van der Waals surface area contributed by atoms with Gasteiger partial charge in [-0.15, -0.1) is 0 Å². The van der Waals surface area contributed by atoms with E-state index in [2.05, 4.69) is 25.5 Å². The van der Waals surface area contributed by atoms with Crippen LogP contribution in [0.15, 0.2) is 48.8 Å². The van der Waals surface area contributed by atoms with Gasteiger partial charge in [0.25, 0.3) is 5.92 Å². The average Bonchev–Trinajstić information content (AvgIpc) is 3.71. The van der Waals surface area contributed by atoms with Gasteiger partial charge in [0.2, 0.25) is 0 Å². The van der Waals surface area contributed by atoms with E-state index in [0.29, 0.717) is 46.0 Å². The number of amides is 1. The van der Waals surface area contributed by atoms with Crippen LogP contribution in [0.25, 0.3) is 33.6 Å². The van der Waals surface area contributed by atoms with E-state index in [9.17, 15) is 9.59 Å². The number of H-pyrrole nitrogens is 2. The van der Waals surface area contributed by atoms with Gasteiger partial charge in [0.05, 0.1) is 36.8 Å². The van der Waals surface area contributed by atoms with Crippen LogP contribution in [0.2, 0.25) is 0 Å². The number of halogens is 2. The van der Waals surface area contributed by atoms with Gasteiger partial charge >= 0.3 is 6.09 Å². The molecule has 256 valence electrons. The summed E-state index contributed by atoms with van der Waals surface area (Å²) in [7, 11) is 1.28. The Morgan fingerprint density at radius 3 is 2.53 bits per heavy atom. The van der Waals surface area contributed by atoms with Crippen LogP contribution in [-0.2, 0) is 15.5 Å². The summed E-state index contributed by atoms with van der Waals surface area (Å²) in [6.45, 7) is 5.83. The van der Waals surface area contributed by atoms with Crippen molar-refractivity contribution in [2.75, 3.05) is 26.7 Å². The van der Waals surface area contributed by atoms with Crippen molar-refractivity contribution in [3.63, 3.8) is 0 Å². The van der Waals surface area contributed by atoms with E-state index in [-0.39, 0.29) is 34.5 Å². The highest BCUT2D eigenvalue weighted by molar-refractivity contribution is 5.84. The number of ether oxygens (including phenoxy) is 1. The molecule has 2 saturated heterocycles. The molecule has 0 unspecified atom stereocenters. The number of alkyl carbamates (subject to hydrolysis) is 1. The highest BCUT2D eigenvalue weighted by Crippen LogP contribution is 2.58. The third-order valence-corrected chi connectivity index (χ3v) is 11.3. The Morgan fingerprint density at radius 2 is 1.88 bits per heavy atom. The summed E-state index contributed by atoms with van der Waals surface area (Å²) in [6.07, 6.45) is 8.77. The summed E-state index contributed by atoms with van der Waals surface area (Å²) in [5.41, 5.74) is 2.55. The fourth-order valence-corrected chi connectivity index (χ4v) is 8.05. The third kappa shape index (κ3) is 5.36. The molecular weight excluding hydrogens is 628 g/mol. The van der Waals surface area contributed by atoms with Crippen molar-refractivity contribution in [3.8, 4) is 33.6 Å². The molecular formula is C37H41F2N7O3. The van der Waals surface area contributed by atoms with Crippen LogP contribution < -0.4 is 10.6 Å². The molecule has 10 nitrogen and oxygen atoms in total. The molecule has 4 heterocycles. The van der Waals surface area contributed by atoms with E-state index in [1.54, 1.807) is 36.7 Å². The van der Waals surface area contributed by atoms with E-state index in [0.717, 1.165) is 57.3 Å². The molecule has 4 N–H and O–H groups in total. The zero-order chi connectivity index (χ0) is 34.1. The minimum atomic E-state index is -3.19. The number of fused-ring (bicyclic) bond motifs is 3. The molecule has 0 bridgehead atoms. The molecule has 49 heavy (non-hydrogen) atoms. The second kappa shape index (κ2) is 11.6. The van der Waals surface area contributed by atoms with E-state index >= 15 is 8.78 Å². The number of aromatic amines is 2. The van der Waals surface area contributed by atoms with Gasteiger partial charge in [-0.2, -0.15) is 8.78 Å². The Kier molecular flexibility index (Phi) is 7.52. The largest absolute Gasteiger partial charge is 0.453 e. The molecule has 3 fully saturated rings. The van der Waals surface area contributed by atoms with Crippen LogP contribution in [0.4, 0.5) is 13.6 Å². The van der Waals surface area contributed by atoms with Gasteiger partial charge in [-0.25, -0.2) is 14.8 Å². The van der Waals surface area contributed by atoms with E-state index in [4.69, 9.17) is 14.7 Å². The lowest BCUT2D eigenvalue weighted by Crippen LogP contribution is -2.60. The zero-order valence-electron chi connectivity index (χ0n) is 27.9. The maximum Gasteiger partial charge on any atom is 0.407 e. The normalized spacial score (nSPS) is 23.0. The van der Waals surface area contributed by atoms with Crippen LogP contribution in [0.5, 0.6) is 0 Å². The first-order valence-corrected chi connectivity index (χ1v) is 17.1. The molecule has 1 spiro atoms. The maximum atomic E-state index is 16.2. The summed E-state index contributed by atoms with van der Waals surface area (Å²) >= 11 is 0. The second-order valence-electron chi connectivity index (χ2n) is 14.7. The quantitative estimate of drug-likeness (QED) is 0.150. The fourth-order valence-electron chi connectivity index (χ4n) is 8.05. The van der Waals surface area contributed by atoms with Crippen molar-refractivity contribution in [2.24, 2.45) is 11.3 Å². The third-order valence-electron chi connectivity index (χ3n) is 11.3. The topological polar surface area (TPSA) is 128 Å². The van der Waals surface area contributed by atoms with Gasteiger partial charge in [-0.1, -0.05) is 38.1 Å². The number of nitrogens with one attached hydrogen (secondary N) is 4. The number of aromatic nitrogens is 4. The molecule has 1 saturated carbocycles. The van der Waals surface area contributed by atoms with Crippen molar-refractivity contribution in [3.05, 3.63) is 71.6 Å². The second-order valence-corrected chi connectivity index (χ2v) is 14.7. The monoisotopic (exact) mass is 669 g/mol. The van der Waals surface area contributed by atoms with Crippen LogP contribution >= 0.6 is 0 Å². The van der Waals surface area contributed by atoms with Gasteiger partial charge in [-0.05, 0) is 73.2 Å². The number of likely N-dealkylation sites (tertiary alicyclic amines) is 1. The lowest BCUT2D eigenvalue weighted by molar-refractivity contribution is -0.115. The van der Waals surface area contributed by atoms with Crippen LogP contribution in [0, 0.1) is 11.3 Å². The number of hydrogen-bond acceptors (Lipinski definition) is 7. The van der Waals surface area contributed by atoms with Crippen LogP contribution in [0.3, 0.4) is 0 Å². The minimum absolute atomic E-state index is 0.0216. The SMILES string of the molecule is COC(=O)N[C@@](C=O)(CN1CC2(CC2)C[C@H]1c1ncc(-c2ccc3c(c2)C(F)(F)c2cc(-c4c[nH]c([C@@H]5CCCN5)n4)ccc2-3)[nH]1)C(C)C. The van der Waals surface area contributed by atoms with Crippen molar-refractivity contribution in [2.45, 2.75) is 69.5 Å². The summed E-state index contributed by atoms with van der Waals surface area (Å²) in [4.78, 5) is 43.1. The fraction of sp³-hybridized carbons (Fsp3) is 0.459. The number of imidazole rings is 2. The molecule has 2 aromatic heterocycles. The minimum Gasteiger partial charge on any atom is -0.453 e. The number of carbonyl (C=O) groups excluding carboxylic acids is 2. The number of methoxy groups -OCH3 is 1. The Morgan fingerprint density at radius 1 is 1.14 bits per heavy atom. The number of alkyl halides is 2. The molecule has 1 amide bonds. The molecule has 4 aromatic rings. The first-order valence-electron chi connectivity index (χ1n) is 17.1. The van der Waals surface area contributed by atoms with Gasteiger partial charge in [0, 0.05) is 41.5 Å². The van der Waals surface area contributed by atoms with E-state index < -0.39 is 17.6 Å². The summed E-state index contributed by atoms with van der Waals surface area (Å²) < 4.78 is 37.2. The summed E-state index contributed by atoms with van der Waals surface area (Å²) in [5.74, 6) is -1.83. The van der Waals surface area contributed by atoms with Crippen molar-refractivity contribution < 1.29 is 23.1 Å². The first-order chi connectivity index (χ1) is 23.5. The lowest BCUT2D eigenvalue weighted by atomic mass is 9.87. The molecule has 2 aliphatic heterocycles. The molecule has 0 radical (unpaired) electrons. The zero-order valence-corrected chi connectivity index (χ0v) is 27.9. The van der Waals surface area contributed by atoms with Crippen LogP contribution in [0.1, 0.15) is 80.8 Å². The molecule has 4 aliphatic rings. The maximum absolute atomic E-state index is 16.2. The Bertz CT molecular complexity index is 1930. The van der Waals surface area contributed by atoms with Gasteiger partial charge in [-0.3, -0.25) is 4.90 Å². The summed E-state index contributed by atoms with van der Waals surface area (Å²) in [5, 5.41) is 6.21. The Labute approximate surface area is 283 Å². The van der Waals surface area contributed by atoms with Crippen molar-refractivity contribution >= 4 is 12.4 Å². The number of aldehydes is 1. The van der Waals surface area contributed by atoms with E-state index in [1.165, 1.54) is 7.11 Å². The molecule has 2 aromatic carbocycles. The number of benzene rings is 2. The highest BCUT2D eigenvalue weighted by Gasteiger charge is 2.55. The van der Waals surface area contributed by atoms with E-state index in [1.807, 2.05) is 26.0 Å². The highest BCUT2D eigenvalue weighted by atomic mass is 19.3. The average molecular weight is 670 g/mol. The Hall–Kier alpha value is -4.42. The molecule has 3 atom stereocenters. The number of hydrogen-bond donors (Lipinski definition) is 4. The predicted molar refractivity (Wildman–Crippen MR) is 180 cm³/mol. The molecule has 12 heteroatoms. The Balaban J connectivity index is 1.06. The smallest absolute Gasteiger partial charge is 0.407 e. The number of carbonyl (C=O) groups is 2. The van der Waals surface area contributed by atoms with Gasteiger partial charge < -0.3 is 30.1 Å². The molecule has 8 rings (SSSR count). The van der Waals surface area contributed by atoms with Crippen molar-refractivity contribution in [1.82, 2.24) is 35.5 Å². The standard InChI is InChI=1S/C37H41F2N7O3/c1-21(2)36(20-47,45-34(48)49-3)19-46-18-35(10-11-35)15-31(46)33-42-17-30(44-33)23-7-9-25-24-8-6-22(13-26(24)37(38,39)27(25)14-23)29-16-41-32(43-29)28-5-4-12-40-28/h6-9,13-14,16-17,20-21,28,31,40H,4-5,10-12,15,18-19H2,1-3H3,(H,41,43)(H,42,44)(H,45,48)/t28-,31-,36+/m0/s1. The first kappa shape index (κ1) is 31.8. The lowest BCUT2D eigenvalue weighted by Gasteiger charge is -2.37. The van der Waals surface area contributed by atoms with Crippen LogP contribution in [-0.4, -0.2) is 69.5 Å². The van der Waals surface area contributed by atoms with Gasteiger partial charge in [0.15, 0.2) is 0 Å². The summed E-state index contributed by atoms with van der Waals surface area (Å²) in [6, 6.07) is 10.4.